The van der Waals surface area contributed by atoms with Gasteiger partial charge in [0.1, 0.15) is 6.10 Å². The molecule has 3 saturated heterocycles. The molecular formula is C17H19ClN2O4S2. The lowest BCUT2D eigenvalue weighted by Crippen LogP contribution is -2.37. The van der Waals surface area contributed by atoms with Crippen LogP contribution in [0.1, 0.15) is 18.4 Å². The molecule has 0 saturated carbocycles. The number of amides is 1. The van der Waals surface area contributed by atoms with Crippen LogP contribution in [0.2, 0.25) is 5.02 Å². The number of aliphatic imine (C=N–C) groups is 1. The fourth-order valence-corrected chi connectivity index (χ4v) is 7.72. The number of rotatable bonds is 3. The van der Waals surface area contributed by atoms with Crippen LogP contribution in [0, 0.1) is 0 Å². The number of hydrogen-bond donors (Lipinski definition) is 0. The third-order valence-corrected chi connectivity index (χ3v) is 8.50. The molecule has 0 aromatic heterocycles. The molecule has 3 aliphatic rings. The van der Waals surface area contributed by atoms with Crippen molar-refractivity contribution >= 4 is 44.3 Å². The second kappa shape index (κ2) is 7.14. The first kappa shape index (κ1) is 18.3. The predicted octanol–water partition coefficient (Wildman–Crippen LogP) is 2.12. The van der Waals surface area contributed by atoms with Gasteiger partial charge in [-0.2, -0.15) is 4.99 Å². The van der Waals surface area contributed by atoms with E-state index in [4.69, 9.17) is 16.3 Å². The van der Waals surface area contributed by atoms with E-state index in [0.29, 0.717) is 29.8 Å². The average molecular weight is 415 g/mol. The first-order valence-electron chi connectivity index (χ1n) is 8.54. The van der Waals surface area contributed by atoms with Crippen molar-refractivity contribution < 1.29 is 17.9 Å². The third-order valence-electron chi connectivity index (χ3n) is 4.88. The maximum Gasteiger partial charge on any atom is 0.277 e. The number of fused-ring (bicyclic) bond motifs is 1. The molecule has 3 fully saturated rings. The van der Waals surface area contributed by atoms with Crippen LogP contribution in [-0.2, 0) is 25.9 Å². The fourth-order valence-electron chi connectivity index (χ4n) is 3.57. The molecule has 26 heavy (non-hydrogen) atoms. The summed E-state index contributed by atoms with van der Waals surface area (Å²) in [5, 5.41) is 1.10. The Kier molecular flexibility index (Phi) is 5.02. The van der Waals surface area contributed by atoms with Crippen LogP contribution >= 0.6 is 23.4 Å². The fraction of sp³-hybridized carbons (Fsp3) is 0.529. The Labute approximate surface area is 161 Å². The Morgan fingerprint density at radius 2 is 2.15 bits per heavy atom. The SMILES string of the molecule is O=C(N=C1SC2CS(=O)(=O)CC2N1Cc1ccccc1Cl)C1CCCO1. The lowest BCUT2D eigenvalue weighted by Gasteiger charge is -2.25. The highest BCUT2D eigenvalue weighted by Crippen LogP contribution is 2.39. The Hall–Kier alpha value is -1.09. The molecule has 4 rings (SSSR count). The summed E-state index contributed by atoms with van der Waals surface area (Å²) < 4.78 is 29.5. The van der Waals surface area contributed by atoms with Crippen LogP contribution in [0.5, 0.6) is 0 Å². The summed E-state index contributed by atoms with van der Waals surface area (Å²) in [6, 6.07) is 7.27. The van der Waals surface area contributed by atoms with Gasteiger partial charge in [-0.15, -0.1) is 0 Å². The number of nitrogens with zero attached hydrogens (tertiary/aromatic N) is 2. The van der Waals surface area contributed by atoms with Gasteiger partial charge in [-0.05, 0) is 24.5 Å². The van der Waals surface area contributed by atoms with Crippen LogP contribution in [0.3, 0.4) is 0 Å². The largest absolute Gasteiger partial charge is 0.368 e. The van der Waals surface area contributed by atoms with Crippen molar-refractivity contribution in [3.05, 3.63) is 34.9 Å². The van der Waals surface area contributed by atoms with Gasteiger partial charge >= 0.3 is 0 Å². The van der Waals surface area contributed by atoms with Gasteiger partial charge in [-0.1, -0.05) is 41.6 Å². The number of sulfone groups is 1. The van der Waals surface area contributed by atoms with Gasteiger partial charge in [0.25, 0.3) is 5.91 Å². The summed E-state index contributed by atoms with van der Waals surface area (Å²) in [5.41, 5.74) is 0.886. The van der Waals surface area contributed by atoms with Crippen LogP contribution < -0.4 is 0 Å². The second-order valence-electron chi connectivity index (χ2n) is 6.75. The van der Waals surface area contributed by atoms with Gasteiger partial charge in [-0.25, -0.2) is 8.42 Å². The number of hydrogen-bond acceptors (Lipinski definition) is 5. The van der Waals surface area contributed by atoms with Gasteiger partial charge in [0.2, 0.25) is 0 Å². The van der Waals surface area contributed by atoms with Gasteiger partial charge in [0.15, 0.2) is 15.0 Å². The summed E-state index contributed by atoms with van der Waals surface area (Å²) in [6.45, 7) is 1.02. The zero-order valence-electron chi connectivity index (χ0n) is 14.0. The molecule has 9 heteroatoms. The molecule has 0 spiro atoms. The molecule has 1 aromatic carbocycles. The Balaban J connectivity index is 1.62. The minimum atomic E-state index is -3.07. The maximum absolute atomic E-state index is 12.4. The second-order valence-corrected chi connectivity index (χ2v) is 10.5. The normalized spacial score (nSPS) is 31.5. The van der Waals surface area contributed by atoms with Crippen LogP contribution in [0.25, 0.3) is 0 Å². The monoisotopic (exact) mass is 414 g/mol. The van der Waals surface area contributed by atoms with E-state index in [-0.39, 0.29) is 28.7 Å². The van der Waals surface area contributed by atoms with E-state index in [1.807, 2.05) is 23.1 Å². The van der Waals surface area contributed by atoms with Crippen molar-refractivity contribution in [3.63, 3.8) is 0 Å². The number of thioether (sulfide) groups is 1. The first-order valence-corrected chi connectivity index (χ1v) is 11.6. The lowest BCUT2D eigenvalue weighted by atomic mass is 10.1. The molecule has 3 heterocycles. The molecule has 3 atom stereocenters. The maximum atomic E-state index is 12.4. The quantitative estimate of drug-likeness (QED) is 0.754. The topological polar surface area (TPSA) is 76.0 Å². The van der Waals surface area contributed by atoms with E-state index in [1.165, 1.54) is 11.8 Å². The molecule has 3 unspecified atom stereocenters. The highest BCUT2D eigenvalue weighted by Gasteiger charge is 2.49. The number of amidine groups is 1. The summed E-state index contributed by atoms with van der Waals surface area (Å²) in [4.78, 5) is 18.6. The molecule has 140 valence electrons. The third kappa shape index (κ3) is 3.65. The van der Waals surface area contributed by atoms with Gasteiger partial charge in [0.05, 0.1) is 17.5 Å². The van der Waals surface area contributed by atoms with Crippen LogP contribution in [0.15, 0.2) is 29.3 Å². The van der Waals surface area contributed by atoms with Crippen molar-refractivity contribution in [2.24, 2.45) is 4.99 Å². The van der Waals surface area contributed by atoms with E-state index in [0.717, 1.165) is 12.0 Å². The Bertz CT molecular complexity index is 852. The van der Waals surface area contributed by atoms with Crippen molar-refractivity contribution in [1.82, 2.24) is 4.90 Å². The van der Waals surface area contributed by atoms with Crippen molar-refractivity contribution in [1.29, 1.82) is 0 Å². The summed E-state index contributed by atoms with van der Waals surface area (Å²) >= 11 is 7.66. The molecular weight excluding hydrogens is 396 g/mol. The lowest BCUT2D eigenvalue weighted by molar-refractivity contribution is -0.126. The van der Waals surface area contributed by atoms with Gasteiger partial charge in [-0.3, -0.25) is 4.79 Å². The van der Waals surface area contributed by atoms with Crippen molar-refractivity contribution in [2.45, 2.75) is 36.8 Å². The molecule has 0 aliphatic carbocycles. The number of halogens is 1. The molecule has 0 radical (unpaired) electrons. The number of ether oxygens (including phenoxy) is 1. The standard InChI is InChI=1S/C17H19ClN2O4S2/c18-12-5-2-1-4-11(12)8-20-13-9-26(22,23)10-15(13)25-17(20)19-16(21)14-6-3-7-24-14/h1-2,4-5,13-15H,3,6-10H2. The number of carbonyl (C=O) groups excluding carboxylic acids is 1. The Morgan fingerprint density at radius 1 is 1.35 bits per heavy atom. The van der Waals surface area contributed by atoms with Crippen molar-refractivity contribution in [3.8, 4) is 0 Å². The number of benzene rings is 1. The zero-order chi connectivity index (χ0) is 18.3. The average Bonchev–Trinajstić information content (AvgIpc) is 3.27. The minimum Gasteiger partial charge on any atom is -0.368 e. The molecule has 1 aromatic rings. The smallest absolute Gasteiger partial charge is 0.277 e. The summed E-state index contributed by atoms with van der Waals surface area (Å²) in [5.74, 6) is -0.0755. The molecule has 6 nitrogen and oxygen atoms in total. The molecule has 0 N–H and O–H groups in total. The molecule has 3 aliphatic heterocycles. The van der Waals surface area contributed by atoms with Crippen LogP contribution in [0.4, 0.5) is 0 Å². The highest BCUT2D eigenvalue weighted by atomic mass is 35.5. The highest BCUT2D eigenvalue weighted by molar-refractivity contribution is 8.15. The Morgan fingerprint density at radius 3 is 2.88 bits per heavy atom. The molecule has 1 amide bonds. The molecule has 0 bridgehead atoms. The number of carbonyl (C=O) groups is 1. The summed E-state index contributed by atoms with van der Waals surface area (Å²) in [6.07, 6.45) is 1.07. The van der Waals surface area contributed by atoms with E-state index < -0.39 is 15.9 Å². The van der Waals surface area contributed by atoms with Gasteiger partial charge in [0, 0.05) is 23.4 Å². The first-order chi connectivity index (χ1) is 12.4. The van der Waals surface area contributed by atoms with E-state index >= 15 is 0 Å². The van der Waals surface area contributed by atoms with Crippen molar-refractivity contribution in [2.75, 3.05) is 18.1 Å². The predicted molar refractivity (Wildman–Crippen MR) is 102 cm³/mol. The summed E-state index contributed by atoms with van der Waals surface area (Å²) in [7, 11) is -3.07. The van der Waals surface area contributed by atoms with E-state index in [1.54, 1.807) is 6.07 Å². The van der Waals surface area contributed by atoms with Crippen LogP contribution in [-0.4, -0.2) is 59.9 Å². The zero-order valence-corrected chi connectivity index (χ0v) is 16.4. The van der Waals surface area contributed by atoms with E-state index in [9.17, 15) is 13.2 Å². The van der Waals surface area contributed by atoms with Gasteiger partial charge < -0.3 is 9.64 Å². The minimum absolute atomic E-state index is 0.0856. The van der Waals surface area contributed by atoms with E-state index in [2.05, 4.69) is 4.99 Å².